The van der Waals surface area contributed by atoms with Gasteiger partial charge in [-0.05, 0) is 30.2 Å². The van der Waals surface area contributed by atoms with Crippen LogP contribution in [0.3, 0.4) is 0 Å². The monoisotopic (exact) mass is 205 g/mol. The molecule has 0 unspecified atom stereocenters. The molecule has 2 aromatic heterocycles. The molecule has 14 heavy (non-hydrogen) atoms. The highest BCUT2D eigenvalue weighted by Gasteiger charge is 2.21. The van der Waals surface area contributed by atoms with Gasteiger partial charge in [-0.15, -0.1) is 11.3 Å². The number of anilines is 1. The van der Waals surface area contributed by atoms with Gasteiger partial charge in [0.05, 0.1) is 5.39 Å². The number of aromatic nitrogens is 2. The number of hydrogen-bond donors (Lipinski definition) is 1. The van der Waals surface area contributed by atoms with Crippen LogP contribution in [0.15, 0.2) is 17.8 Å². The molecule has 1 saturated carbocycles. The van der Waals surface area contributed by atoms with E-state index in [2.05, 4.69) is 26.7 Å². The largest absolute Gasteiger partial charge is 0.369 e. The van der Waals surface area contributed by atoms with Crippen molar-refractivity contribution < 1.29 is 0 Å². The van der Waals surface area contributed by atoms with Gasteiger partial charge < -0.3 is 5.32 Å². The van der Waals surface area contributed by atoms with E-state index in [-0.39, 0.29) is 0 Å². The molecule has 3 nitrogen and oxygen atoms in total. The van der Waals surface area contributed by atoms with Crippen LogP contribution in [0, 0.1) is 5.92 Å². The second-order valence-electron chi connectivity index (χ2n) is 3.69. The first kappa shape index (κ1) is 8.17. The Hall–Kier alpha value is -1.16. The molecule has 2 aromatic rings. The van der Waals surface area contributed by atoms with Crippen LogP contribution in [0.1, 0.15) is 12.8 Å². The van der Waals surface area contributed by atoms with Crippen molar-refractivity contribution in [3.63, 3.8) is 0 Å². The number of rotatable bonds is 3. The molecule has 1 N–H and O–H groups in total. The van der Waals surface area contributed by atoms with Crippen molar-refractivity contribution in [1.82, 2.24) is 9.97 Å². The molecule has 0 spiro atoms. The molecule has 3 rings (SSSR count). The fourth-order valence-corrected chi connectivity index (χ4v) is 2.23. The molecule has 2 heterocycles. The summed E-state index contributed by atoms with van der Waals surface area (Å²) in [6.45, 7) is 1.06. The molecule has 1 aliphatic carbocycles. The molecule has 0 aromatic carbocycles. The van der Waals surface area contributed by atoms with Crippen LogP contribution in [0.4, 0.5) is 5.82 Å². The van der Waals surface area contributed by atoms with E-state index < -0.39 is 0 Å². The Morgan fingerprint density at radius 2 is 2.36 bits per heavy atom. The standard InChI is InChI=1S/C10H11N3S/c1-2-7(1)5-11-9-8-3-4-14-10(8)13-6-12-9/h3-4,6-7H,1-2,5H2,(H,11,12,13). The molecule has 1 fully saturated rings. The normalized spacial score (nSPS) is 16.0. The first-order valence-electron chi connectivity index (χ1n) is 4.85. The number of nitrogens with one attached hydrogen (secondary N) is 1. The third-order valence-corrected chi connectivity index (χ3v) is 3.34. The van der Waals surface area contributed by atoms with Crippen molar-refractivity contribution in [2.24, 2.45) is 5.92 Å². The van der Waals surface area contributed by atoms with Gasteiger partial charge in [0.25, 0.3) is 0 Å². The van der Waals surface area contributed by atoms with E-state index in [0.29, 0.717) is 0 Å². The van der Waals surface area contributed by atoms with E-state index in [1.807, 2.05) is 0 Å². The molecule has 0 atom stereocenters. The Labute approximate surface area is 86.2 Å². The Balaban J connectivity index is 1.89. The topological polar surface area (TPSA) is 37.8 Å². The predicted octanol–water partition coefficient (Wildman–Crippen LogP) is 2.51. The van der Waals surface area contributed by atoms with Gasteiger partial charge in [-0.2, -0.15) is 0 Å². The molecular formula is C10H11N3S. The summed E-state index contributed by atoms with van der Waals surface area (Å²) in [5.41, 5.74) is 0. The van der Waals surface area contributed by atoms with Gasteiger partial charge >= 0.3 is 0 Å². The first-order valence-corrected chi connectivity index (χ1v) is 5.73. The van der Waals surface area contributed by atoms with E-state index in [4.69, 9.17) is 0 Å². The van der Waals surface area contributed by atoms with E-state index in [1.54, 1.807) is 17.7 Å². The molecule has 4 heteroatoms. The average molecular weight is 205 g/mol. The lowest BCUT2D eigenvalue weighted by molar-refractivity contribution is 0.884. The van der Waals surface area contributed by atoms with Crippen LogP contribution in [0.2, 0.25) is 0 Å². The Kier molecular flexibility index (Phi) is 1.87. The van der Waals surface area contributed by atoms with Crippen molar-refractivity contribution in [3.05, 3.63) is 17.8 Å². The van der Waals surface area contributed by atoms with Crippen molar-refractivity contribution in [3.8, 4) is 0 Å². The Morgan fingerprint density at radius 1 is 1.43 bits per heavy atom. The minimum atomic E-state index is 0.874. The van der Waals surface area contributed by atoms with E-state index in [1.165, 1.54) is 12.8 Å². The lowest BCUT2D eigenvalue weighted by atomic mass is 10.3. The molecule has 0 radical (unpaired) electrons. The first-order chi connectivity index (χ1) is 6.93. The van der Waals surface area contributed by atoms with Gasteiger partial charge in [-0.1, -0.05) is 0 Å². The summed E-state index contributed by atoms with van der Waals surface area (Å²) in [7, 11) is 0. The maximum Gasteiger partial charge on any atom is 0.138 e. The molecule has 72 valence electrons. The fraction of sp³-hybridized carbons (Fsp3) is 0.400. The highest BCUT2D eigenvalue weighted by Crippen LogP contribution is 2.30. The smallest absolute Gasteiger partial charge is 0.138 e. The molecule has 0 bridgehead atoms. The Bertz CT molecular complexity index is 447. The summed E-state index contributed by atoms with van der Waals surface area (Å²) in [5, 5.41) is 6.60. The van der Waals surface area contributed by atoms with Gasteiger partial charge in [0.2, 0.25) is 0 Å². The van der Waals surface area contributed by atoms with E-state index in [0.717, 1.165) is 28.5 Å². The number of thiophene rings is 1. The highest BCUT2D eigenvalue weighted by atomic mass is 32.1. The zero-order valence-electron chi connectivity index (χ0n) is 7.73. The molecular weight excluding hydrogens is 194 g/mol. The summed E-state index contributed by atoms with van der Waals surface area (Å²) in [5.74, 6) is 1.86. The van der Waals surface area contributed by atoms with Gasteiger partial charge in [-0.25, -0.2) is 9.97 Å². The van der Waals surface area contributed by atoms with E-state index in [9.17, 15) is 0 Å². The quantitative estimate of drug-likeness (QED) is 0.836. The van der Waals surface area contributed by atoms with Crippen LogP contribution in [-0.4, -0.2) is 16.5 Å². The number of fused-ring (bicyclic) bond motifs is 1. The highest BCUT2D eigenvalue weighted by molar-refractivity contribution is 7.16. The van der Waals surface area contributed by atoms with Crippen LogP contribution in [-0.2, 0) is 0 Å². The molecule has 0 aliphatic heterocycles. The third kappa shape index (κ3) is 1.46. The molecule has 0 saturated heterocycles. The van der Waals surface area contributed by atoms with Crippen molar-refractivity contribution in [1.29, 1.82) is 0 Å². The second-order valence-corrected chi connectivity index (χ2v) is 4.58. The van der Waals surface area contributed by atoms with Crippen molar-refractivity contribution in [2.45, 2.75) is 12.8 Å². The lowest BCUT2D eigenvalue weighted by Crippen LogP contribution is -2.05. The van der Waals surface area contributed by atoms with Crippen molar-refractivity contribution in [2.75, 3.05) is 11.9 Å². The predicted molar refractivity (Wildman–Crippen MR) is 58.6 cm³/mol. The van der Waals surface area contributed by atoms with Gasteiger partial charge in [-0.3, -0.25) is 0 Å². The summed E-state index contributed by atoms with van der Waals surface area (Å²) in [6, 6.07) is 2.08. The van der Waals surface area contributed by atoms with Crippen LogP contribution in [0.25, 0.3) is 10.2 Å². The van der Waals surface area contributed by atoms with E-state index >= 15 is 0 Å². The average Bonchev–Trinajstić information content (AvgIpc) is 2.91. The SMILES string of the molecule is c1nc(NCC2CC2)c2ccsc2n1. The number of hydrogen-bond acceptors (Lipinski definition) is 4. The van der Waals surface area contributed by atoms with Gasteiger partial charge in [0.15, 0.2) is 0 Å². The summed E-state index contributed by atoms with van der Waals surface area (Å²) < 4.78 is 0. The zero-order valence-corrected chi connectivity index (χ0v) is 8.55. The minimum absolute atomic E-state index is 0.874. The second kappa shape index (κ2) is 3.20. The summed E-state index contributed by atoms with van der Waals surface area (Å²) >= 11 is 1.66. The maximum absolute atomic E-state index is 4.26. The van der Waals surface area contributed by atoms with Gasteiger partial charge in [0.1, 0.15) is 17.0 Å². The maximum atomic E-state index is 4.26. The lowest BCUT2D eigenvalue weighted by Gasteiger charge is -2.04. The van der Waals surface area contributed by atoms with Crippen molar-refractivity contribution >= 4 is 27.4 Å². The minimum Gasteiger partial charge on any atom is -0.369 e. The van der Waals surface area contributed by atoms with Crippen LogP contribution in [0.5, 0.6) is 0 Å². The Morgan fingerprint density at radius 3 is 3.21 bits per heavy atom. The van der Waals surface area contributed by atoms with Gasteiger partial charge in [0, 0.05) is 6.54 Å². The van der Waals surface area contributed by atoms with Crippen LogP contribution < -0.4 is 5.32 Å². The summed E-state index contributed by atoms with van der Waals surface area (Å²) in [6.07, 6.45) is 4.36. The zero-order chi connectivity index (χ0) is 9.38. The third-order valence-electron chi connectivity index (χ3n) is 2.52. The fourth-order valence-electron chi connectivity index (χ4n) is 1.49. The molecule has 0 amide bonds. The number of nitrogens with zero attached hydrogens (tertiary/aromatic N) is 2. The van der Waals surface area contributed by atoms with Crippen LogP contribution >= 0.6 is 11.3 Å². The molecule has 1 aliphatic rings. The summed E-state index contributed by atoms with van der Waals surface area (Å²) in [4.78, 5) is 9.54.